The van der Waals surface area contributed by atoms with Gasteiger partial charge in [0.25, 0.3) is 0 Å². The minimum absolute atomic E-state index is 0.0383. The first kappa shape index (κ1) is 9.58. The van der Waals surface area contributed by atoms with E-state index in [4.69, 9.17) is 4.74 Å². The zero-order valence-electron chi connectivity index (χ0n) is 7.49. The Morgan fingerprint density at radius 3 is 2.85 bits per heavy atom. The summed E-state index contributed by atoms with van der Waals surface area (Å²) in [5.41, 5.74) is 0.281. The van der Waals surface area contributed by atoms with Gasteiger partial charge in [-0.2, -0.15) is 0 Å². The first-order valence-corrected chi connectivity index (χ1v) is 4.19. The fourth-order valence-corrected chi connectivity index (χ4v) is 0.933. The molecule has 3 nitrogen and oxygen atoms in total. The maximum absolute atomic E-state index is 10.4. The molecule has 0 fully saturated rings. The van der Waals surface area contributed by atoms with Crippen molar-refractivity contribution in [3.05, 3.63) is 23.8 Å². The Balaban J connectivity index is 2.77. The second kappa shape index (κ2) is 4.50. The van der Waals surface area contributed by atoms with E-state index in [0.717, 1.165) is 6.42 Å². The van der Waals surface area contributed by atoms with Crippen molar-refractivity contribution in [1.29, 1.82) is 0 Å². The Morgan fingerprint density at radius 2 is 2.31 bits per heavy atom. The number of aldehydes is 1. The van der Waals surface area contributed by atoms with Crippen molar-refractivity contribution in [3.63, 3.8) is 0 Å². The van der Waals surface area contributed by atoms with Crippen molar-refractivity contribution < 1.29 is 14.6 Å². The van der Waals surface area contributed by atoms with Gasteiger partial charge in [0.1, 0.15) is 11.5 Å². The topological polar surface area (TPSA) is 46.5 Å². The van der Waals surface area contributed by atoms with Gasteiger partial charge in [0.2, 0.25) is 0 Å². The second-order valence-corrected chi connectivity index (χ2v) is 2.69. The fraction of sp³-hybridized carbons (Fsp3) is 0.300. The summed E-state index contributed by atoms with van der Waals surface area (Å²) in [6.07, 6.45) is 1.52. The molecule has 0 heterocycles. The molecule has 70 valence electrons. The van der Waals surface area contributed by atoms with Crippen LogP contribution in [-0.4, -0.2) is 18.0 Å². The van der Waals surface area contributed by atoms with Crippen molar-refractivity contribution >= 4 is 6.29 Å². The Kier molecular flexibility index (Phi) is 3.31. The van der Waals surface area contributed by atoms with Crippen LogP contribution in [0.2, 0.25) is 0 Å². The first-order valence-electron chi connectivity index (χ1n) is 4.19. The smallest absolute Gasteiger partial charge is 0.153 e. The van der Waals surface area contributed by atoms with Crippen LogP contribution < -0.4 is 4.74 Å². The summed E-state index contributed by atoms with van der Waals surface area (Å²) in [7, 11) is 0. The van der Waals surface area contributed by atoms with Gasteiger partial charge < -0.3 is 9.84 Å². The molecule has 0 saturated heterocycles. The van der Waals surface area contributed by atoms with Gasteiger partial charge in [-0.05, 0) is 18.6 Å². The molecule has 3 heteroatoms. The monoisotopic (exact) mass is 180 g/mol. The van der Waals surface area contributed by atoms with E-state index in [-0.39, 0.29) is 11.3 Å². The Hall–Kier alpha value is -1.51. The summed E-state index contributed by atoms with van der Waals surface area (Å²) < 4.78 is 5.26. The lowest BCUT2D eigenvalue weighted by Gasteiger charge is -2.05. The van der Waals surface area contributed by atoms with Crippen LogP contribution in [0.1, 0.15) is 23.7 Å². The van der Waals surface area contributed by atoms with Gasteiger partial charge in [-0.3, -0.25) is 4.79 Å². The summed E-state index contributed by atoms with van der Waals surface area (Å²) in [4.78, 5) is 10.4. The maximum Gasteiger partial charge on any atom is 0.153 e. The second-order valence-electron chi connectivity index (χ2n) is 2.69. The van der Waals surface area contributed by atoms with Crippen LogP contribution in [0.4, 0.5) is 0 Å². The van der Waals surface area contributed by atoms with Crippen LogP contribution >= 0.6 is 0 Å². The summed E-state index contributed by atoms with van der Waals surface area (Å²) in [6.45, 7) is 2.61. The van der Waals surface area contributed by atoms with E-state index in [1.165, 1.54) is 12.1 Å². The van der Waals surface area contributed by atoms with Crippen LogP contribution in [0, 0.1) is 0 Å². The van der Waals surface area contributed by atoms with Crippen molar-refractivity contribution in [1.82, 2.24) is 0 Å². The highest BCUT2D eigenvalue weighted by atomic mass is 16.5. The van der Waals surface area contributed by atoms with Gasteiger partial charge in [-0.15, -0.1) is 0 Å². The molecule has 0 saturated carbocycles. The average molecular weight is 180 g/mol. The molecule has 1 aromatic carbocycles. The van der Waals surface area contributed by atoms with Gasteiger partial charge in [-0.1, -0.05) is 6.92 Å². The molecule has 13 heavy (non-hydrogen) atoms. The number of benzene rings is 1. The van der Waals surface area contributed by atoms with E-state index in [1.807, 2.05) is 6.92 Å². The summed E-state index contributed by atoms with van der Waals surface area (Å²) in [5, 5.41) is 9.28. The highest BCUT2D eigenvalue weighted by molar-refractivity contribution is 5.79. The molecule has 1 aromatic rings. The van der Waals surface area contributed by atoms with Crippen LogP contribution in [0.15, 0.2) is 18.2 Å². The molecule has 0 aliphatic rings. The van der Waals surface area contributed by atoms with Crippen LogP contribution in [0.5, 0.6) is 11.5 Å². The van der Waals surface area contributed by atoms with E-state index in [9.17, 15) is 9.90 Å². The zero-order valence-corrected chi connectivity index (χ0v) is 7.49. The Labute approximate surface area is 77.0 Å². The normalized spacial score (nSPS) is 9.62. The minimum atomic E-state index is -0.0383. The molecule has 0 aliphatic carbocycles. The lowest BCUT2D eigenvalue weighted by Crippen LogP contribution is -1.95. The van der Waals surface area contributed by atoms with E-state index in [1.54, 1.807) is 6.07 Å². The number of carbonyl (C=O) groups is 1. The van der Waals surface area contributed by atoms with Gasteiger partial charge in [0.15, 0.2) is 6.29 Å². The molecule has 0 aromatic heterocycles. The molecular weight excluding hydrogens is 168 g/mol. The zero-order chi connectivity index (χ0) is 9.68. The maximum atomic E-state index is 10.4. The number of carbonyl (C=O) groups excluding carboxylic acids is 1. The first-order chi connectivity index (χ1) is 6.27. The van der Waals surface area contributed by atoms with Gasteiger partial charge >= 0.3 is 0 Å². The molecule has 0 amide bonds. The molecule has 0 atom stereocenters. The van der Waals surface area contributed by atoms with E-state index < -0.39 is 0 Å². The fourth-order valence-electron chi connectivity index (χ4n) is 0.933. The van der Waals surface area contributed by atoms with Crippen molar-refractivity contribution in [2.24, 2.45) is 0 Å². The molecule has 1 rings (SSSR count). The van der Waals surface area contributed by atoms with E-state index in [2.05, 4.69) is 0 Å². The SMILES string of the molecule is CCCOc1ccc(C=O)c(O)c1. The number of ether oxygens (including phenoxy) is 1. The standard InChI is InChI=1S/C10H12O3/c1-2-5-13-9-4-3-8(7-11)10(12)6-9/h3-4,6-7,12H,2,5H2,1H3. The summed E-state index contributed by atoms with van der Waals surface area (Å²) >= 11 is 0. The Bertz CT molecular complexity index is 294. The van der Waals surface area contributed by atoms with Gasteiger partial charge in [0.05, 0.1) is 12.2 Å². The number of rotatable bonds is 4. The third kappa shape index (κ3) is 2.47. The van der Waals surface area contributed by atoms with Crippen LogP contribution in [0.25, 0.3) is 0 Å². The highest BCUT2D eigenvalue weighted by Gasteiger charge is 2.01. The molecule has 1 N–H and O–H groups in total. The van der Waals surface area contributed by atoms with Gasteiger partial charge in [0, 0.05) is 6.07 Å². The molecule has 0 bridgehead atoms. The number of phenolic OH excluding ortho intramolecular Hbond substituents is 1. The lowest BCUT2D eigenvalue weighted by molar-refractivity contribution is 0.112. The third-order valence-corrected chi connectivity index (χ3v) is 1.60. The molecule has 0 aliphatic heterocycles. The molecule has 0 spiro atoms. The lowest BCUT2D eigenvalue weighted by atomic mass is 10.2. The van der Waals surface area contributed by atoms with Crippen LogP contribution in [0.3, 0.4) is 0 Å². The van der Waals surface area contributed by atoms with Crippen molar-refractivity contribution in [2.45, 2.75) is 13.3 Å². The molecule has 0 radical (unpaired) electrons. The average Bonchev–Trinajstić information content (AvgIpc) is 2.15. The predicted molar refractivity (Wildman–Crippen MR) is 49.3 cm³/mol. The van der Waals surface area contributed by atoms with E-state index in [0.29, 0.717) is 18.6 Å². The molecular formula is C10H12O3. The predicted octanol–water partition coefficient (Wildman–Crippen LogP) is 1.99. The van der Waals surface area contributed by atoms with E-state index >= 15 is 0 Å². The number of hydrogen-bond donors (Lipinski definition) is 1. The van der Waals surface area contributed by atoms with Crippen molar-refractivity contribution in [2.75, 3.05) is 6.61 Å². The third-order valence-electron chi connectivity index (χ3n) is 1.60. The summed E-state index contributed by atoms with van der Waals surface area (Å²) in [5.74, 6) is 0.550. The van der Waals surface area contributed by atoms with Crippen LogP contribution in [-0.2, 0) is 0 Å². The Morgan fingerprint density at radius 1 is 1.54 bits per heavy atom. The van der Waals surface area contributed by atoms with Gasteiger partial charge in [-0.25, -0.2) is 0 Å². The number of phenols is 1. The quantitative estimate of drug-likeness (QED) is 0.721. The largest absolute Gasteiger partial charge is 0.507 e. The minimum Gasteiger partial charge on any atom is -0.507 e. The highest BCUT2D eigenvalue weighted by Crippen LogP contribution is 2.22. The van der Waals surface area contributed by atoms with Crippen molar-refractivity contribution in [3.8, 4) is 11.5 Å². The number of aromatic hydroxyl groups is 1. The molecule has 0 unspecified atom stereocenters. The summed E-state index contributed by atoms with van der Waals surface area (Å²) in [6, 6.07) is 4.64. The number of hydrogen-bond acceptors (Lipinski definition) is 3.